The Morgan fingerprint density at radius 3 is 2.17 bits per heavy atom. The molecule has 76 valence electrons. The Balaban J connectivity index is 3.57. The van der Waals surface area contributed by atoms with Gasteiger partial charge in [0.15, 0.2) is 0 Å². The molecule has 0 aromatic carbocycles. The Bertz CT molecular complexity index is 135. The van der Waals surface area contributed by atoms with Gasteiger partial charge in [0.2, 0.25) is 0 Å². The molecule has 2 nitrogen and oxygen atoms in total. The van der Waals surface area contributed by atoms with E-state index in [1.54, 1.807) is 0 Å². The van der Waals surface area contributed by atoms with E-state index in [2.05, 4.69) is 3.53 Å². The third-order valence-electron chi connectivity index (χ3n) is 1.08. The van der Waals surface area contributed by atoms with E-state index in [-0.39, 0.29) is 3.42 Å². The number of alkyl halides is 4. The molecule has 0 aliphatic carbocycles. The third-order valence-corrected chi connectivity index (χ3v) is 3.74. The van der Waals surface area contributed by atoms with Gasteiger partial charge in [-0.3, -0.25) is 0 Å². The van der Waals surface area contributed by atoms with Crippen LogP contribution in [0, 0.1) is 0 Å². The molecule has 0 amide bonds. The van der Waals surface area contributed by atoms with Crippen LogP contribution in [-0.2, 0) is 0 Å². The summed E-state index contributed by atoms with van der Waals surface area (Å²) in [6.07, 6.45) is -4.11. The molecule has 0 rings (SSSR count). The molecular formula is C6H13F3IN2-. The number of hydrogen-bond acceptors (Lipinski definition) is 2. The summed E-state index contributed by atoms with van der Waals surface area (Å²) in [4.78, 5) is 0. The molecule has 0 aliphatic rings. The van der Waals surface area contributed by atoms with Gasteiger partial charge in [-0.25, -0.2) is 0 Å². The SMILES string of the molecule is CC(C)(CN)[I-]NCC(F)(F)F. The fourth-order valence-electron chi connectivity index (χ4n) is 0.329. The Kier molecular flexibility index (Phi) is 4.78. The molecule has 12 heavy (non-hydrogen) atoms. The van der Waals surface area contributed by atoms with Crippen LogP contribution in [0.2, 0.25) is 0 Å². The zero-order chi connectivity index (χ0) is 9.83. The Morgan fingerprint density at radius 1 is 1.33 bits per heavy atom. The number of hydrogen-bond donors (Lipinski definition) is 2. The van der Waals surface area contributed by atoms with Gasteiger partial charge in [0.05, 0.1) is 0 Å². The molecular weight excluding hydrogens is 284 g/mol. The first-order chi connectivity index (χ1) is 5.27. The van der Waals surface area contributed by atoms with E-state index in [4.69, 9.17) is 5.73 Å². The molecule has 0 saturated heterocycles. The Hall–Kier alpha value is 0.440. The first-order valence-electron chi connectivity index (χ1n) is 3.41. The van der Waals surface area contributed by atoms with Crippen LogP contribution in [0.3, 0.4) is 0 Å². The molecule has 0 spiro atoms. The molecule has 6 heteroatoms. The van der Waals surface area contributed by atoms with Crippen molar-refractivity contribution in [2.24, 2.45) is 5.73 Å². The average Bonchev–Trinajstić information content (AvgIpc) is 1.84. The standard InChI is InChI=1S/C6H13F3IN2/c1-5(2,3-11)10-12-4-6(7,8)9/h12H,3-4,11H2,1-2H3/q-1. The van der Waals surface area contributed by atoms with Gasteiger partial charge < -0.3 is 0 Å². The van der Waals surface area contributed by atoms with Crippen LogP contribution in [0.1, 0.15) is 13.8 Å². The first-order valence-corrected chi connectivity index (χ1v) is 5.57. The van der Waals surface area contributed by atoms with E-state index in [0.717, 1.165) is 0 Å². The second-order valence-electron chi connectivity index (χ2n) is 2.94. The van der Waals surface area contributed by atoms with Crippen molar-refractivity contribution in [1.82, 2.24) is 3.53 Å². The molecule has 0 heterocycles. The molecule has 0 aromatic heterocycles. The van der Waals surface area contributed by atoms with Crippen molar-refractivity contribution in [1.29, 1.82) is 0 Å². The van der Waals surface area contributed by atoms with E-state index in [9.17, 15) is 13.2 Å². The normalized spacial score (nSPS) is 13.8. The second-order valence-corrected chi connectivity index (χ2v) is 7.17. The molecule has 0 aliphatic heterocycles. The summed E-state index contributed by atoms with van der Waals surface area (Å²) in [6.45, 7) is 3.25. The van der Waals surface area contributed by atoms with E-state index >= 15 is 0 Å². The van der Waals surface area contributed by atoms with Crippen molar-refractivity contribution in [2.75, 3.05) is 13.1 Å². The van der Waals surface area contributed by atoms with Crippen LogP contribution in [0.15, 0.2) is 0 Å². The third kappa shape index (κ3) is 7.11. The zero-order valence-electron chi connectivity index (χ0n) is 7.00. The Morgan fingerprint density at radius 2 is 1.83 bits per heavy atom. The second kappa shape index (κ2) is 4.61. The van der Waals surface area contributed by atoms with Crippen LogP contribution in [0.4, 0.5) is 13.2 Å². The van der Waals surface area contributed by atoms with Crippen molar-refractivity contribution in [3.63, 3.8) is 0 Å². The Labute approximate surface area is 80.7 Å². The molecule has 0 bridgehead atoms. The van der Waals surface area contributed by atoms with E-state index in [1.807, 2.05) is 13.8 Å². The van der Waals surface area contributed by atoms with Crippen molar-refractivity contribution < 1.29 is 34.7 Å². The molecule has 0 unspecified atom stereocenters. The summed E-state index contributed by atoms with van der Waals surface area (Å²) in [5, 5.41) is 0. The van der Waals surface area contributed by atoms with E-state index in [0.29, 0.717) is 6.54 Å². The minimum atomic E-state index is -4.11. The van der Waals surface area contributed by atoms with Crippen molar-refractivity contribution in [3.8, 4) is 0 Å². The number of nitrogens with one attached hydrogen (secondary N) is 1. The summed E-state index contributed by atoms with van der Waals surface area (Å²) < 4.78 is 37.2. The van der Waals surface area contributed by atoms with Crippen LogP contribution in [0.25, 0.3) is 0 Å². The van der Waals surface area contributed by atoms with Crippen molar-refractivity contribution in [2.45, 2.75) is 23.4 Å². The molecule has 0 atom stereocenters. The monoisotopic (exact) mass is 297 g/mol. The van der Waals surface area contributed by atoms with Crippen molar-refractivity contribution >= 4 is 0 Å². The van der Waals surface area contributed by atoms with Crippen molar-refractivity contribution in [3.05, 3.63) is 0 Å². The van der Waals surface area contributed by atoms with Gasteiger partial charge in [-0.05, 0) is 0 Å². The number of halogens is 4. The fraction of sp³-hybridized carbons (Fsp3) is 1.00. The van der Waals surface area contributed by atoms with Gasteiger partial charge >= 0.3 is 80.4 Å². The summed E-state index contributed by atoms with van der Waals surface area (Å²) in [7, 11) is 0. The summed E-state index contributed by atoms with van der Waals surface area (Å²) in [6, 6.07) is 0. The molecule has 0 fully saturated rings. The number of rotatable bonds is 4. The molecule has 0 aromatic rings. The summed E-state index contributed by atoms with van der Waals surface area (Å²) in [5.41, 5.74) is 5.36. The predicted molar refractivity (Wildman–Crippen MR) is 37.2 cm³/mol. The van der Waals surface area contributed by atoms with Gasteiger partial charge in [0.1, 0.15) is 0 Å². The molecule has 0 radical (unpaired) electrons. The van der Waals surface area contributed by atoms with Gasteiger partial charge in [0, 0.05) is 0 Å². The van der Waals surface area contributed by atoms with Gasteiger partial charge in [-0.15, -0.1) is 0 Å². The van der Waals surface area contributed by atoms with Crippen LogP contribution >= 0.6 is 0 Å². The maximum absolute atomic E-state index is 11.7. The van der Waals surface area contributed by atoms with Gasteiger partial charge in [-0.2, -0.15) is 0 Å². The van der Waals surface area contributed by atoms with E-state index < -0.39 is 34.2 Å². The average molecular weight is 297 g/mol. The number of nitrogens with two attached hydrogens (primary N) is 1. The zero-order valence-corrected chi connectivity index (χ0v) is 9.16. The van der Waals surface area contributed by atoms with E-state index in [1.165, 1.54) is 0 Å². The van der Waals surface area contributed by atoms with Gasteiger partial charge in [-0.1, -0.05) is 0 Å². The van der Waals surface area contributed by atoms with Crippen LogP contribution in [-0.4, -0.2) is 22.7 Å². The fourth-order valence-corrected chi connectivity index (χ4v) is 2.20. The predicted octanol–water partition coefficient (Wildman–Crippen LogP) is -2.12. The van der Waals surface area contributed by atoms with Crippen LogP contribution in [0.5, 0.6) is 0 Å². The maximum atomic E-state index is 11.7. The molecule has 3 N–H and O–H groups in total. The quantitative estimate of drug-likeness (QED) is 0.354. The minimum absolute atomic E-state index is 0.163. The topological polar surface area (TPSA) is 38.0 Å². The van der Waals surface area contributed by atoms with Crippen LogP contribution < -0.4 is 30.7 Å². The summed E-state index contributed by atoms with van der Waals surface area (Å²) in [5.74, 6) is 0. The molecule has 0 saturated carbocycles. The first kappa shape index (κ1) is 12.4. The van der Waals surface area contributed by atoms with Gasteiger partial charge in [0.25, 0.3) is 0 Å². The summed E-state index contributed by atoms with van der Waals surface area (Å²) >= 11 is -0.683.